The molecular formula is C73H141NO5. The minimum absolute atomic E-state index is 0.0107. The highest BCUT2D eigenvalue weighted by atomic mass is 16.5. The number of rotatable bonds is 68. The van der Waals surface area contributed by atoms with E-state index in [1.54, 1.807) is 0 Å². The van der Waals surface area contributed by atoms with Crippen molar-refractivity contribution in [1.82, 2.24) is 5.32 Å². The van der Waals surface area contributed by atoms with E-state index in [1.807, 2.05) is 0 Å². The third kappa shape index (κ3) is 65.4. The lowest BCUT2D eigenvalue weighted by Crippen LogP contribution is -2.45. The summed E-state index contributed by atoms with van der Waals surface area (Å²) >= 11 is 0. The molecule has 0 heterocycles. The average molecular weight is 1110 g/mol. The summed E-state index contributed by atoms with van der Waals surface area (Å²) in [6, 6.07) is -0.537. The molecule has 0 aromatic heterocycles. The maximum atomic E-state index is 12.5. The fourth-order valence-electron chi connectivity index (χ4n) is 11.4. The topological polar surface area (TPSA) is 95.9 Å². The molecule has 0 aliphatic carbocycles. The molecule has 0 aromatic rings. The molecule has 79 heavy (non-hydrogen) atoms. The lowest BCUT2D eigenvalue weighted by molar-refractivity contribution is -0.143. The van der Waals surface area contributed by atoms with Gasteiger partial charge in [0, 0.05) is 12.8 Å². The van der Waals surface area contributed by atoms with Crippen LogP contribution in [0.2, 0.25) is 0 Å². The van der Waals surface area contributed by atoms with Crippen LogP contribution in [0.3, 0.4) is 0 Å². The van der Waals surface area contributed by atoms with Gasteiger partial charge in [0.2, 0.25) is 5.91 Å². The monoisotopic (exact) mass is 1110 g/mol. The summed E-state index contributed by atoms with van der Waals surface area (Å²) in [6.07, 6.45) is 86.8. The number of aliphatic hydroxyl groups excluding tert-OH is 2. The molecule has 0 saturated carbocycles. The maximum Gasteiger partial charge on any atom is 0.305 e. The highest BCUT2D eigenvalue weighted by Crippen LogP contribution is 2.19. The predicted octanol–water partition coefficient (Wildman–Crippen LogP) is 23.3. The van der Waals surface area contributed by atoms with Crippen LogP contribution < -0.4 is 5.32 Å². The second kappa shape index (κ2) is 68.8. The second-order valence-electron chi connectivity index (χ2n) is 24.9. The van der Waals surface area contributed by atoms with Crippen LogP contribution in [-0.2, 0) is 14.3 Å². The van der Waals surface area contributed by atoms with Crippen LogP contribution in [0.5, 0.6) is 0 Å². The zero-order valence-electron chi connectivity index (χ0n) is 53.6. The molecule has 0 aliphatic rings. The Morgan fingerprint density at radius 1 is 0.342 bits per heavy atom. The molecule has 0 aliphatic heterocycles. The van der Waals surface area contributed by atoms with Crippen molar-refractivity contribution in [2.45, 2.75) is 418 Å². The van der Waals surface area contributed by atoms with Crippen LogP contribution in [0, 0.1) is 0 Å². The van der Waals surface area contributed by atoms with Crippen molar-refractivity contribution < 1.29 is 24.5 Å². The zero-order valence-corrected chi connectivity index (χ0v) is 53.6. The summed E-state index contributed by atoms with van der Waals surface area (Å²) in [4.78, 5) is 24.5. The number of allylic oxidation sites excluding steroid dienone is 4. The fraction of sp³-hybridized carbons (Fsp3) is 0.918. The van der Waals surface area contributed by atoms with E-state index >= 15 is 0 Å². The molecule has 6 heteroatoms. The molecule has 2 unspecified atom stereocenters. The quantitative estimate of drug-likeness (QED) is 0.0320. The van der Waals surface area contributed by atoms with Gasteiger partial charge in [0.15, 0.2) is 0 Å². The lowest BCUT2D eigenvalue weighted by atomic mass is 10.0. The van der Waals surface area contributed by atoms with Crippen LogP contribution in [0.25, 0.3) is 0 Å². The number of amides is 1. The van der Waals surface area contributed by atoms with Crippen LogP contribution in [0.1, 0.15) is 406 Å². The summed E-state index contributed by atoms with van der Waals surface area (Å²) in [5, 5.41) is 23.3. The van der Waals surface area contributed by atoms with E-state index in [0.29, 0.717) is 25.9 Å². The van der Waals surface area contributed by atoms with Gasteiger partial charge in [-0.3, -0.25) is 9.59 Å². The molecule has 0 rings (SSSR count). The number of hydrogen-bond donors (Lipinski definition) is 3. The first-order valence-electron chi connectivity index (χ1n) is 36.1. The number of esters is 1. The van der Waals surface area contributed by atoms with Crippen molar-refractivity contribution in [3.8, 4) is 0 Å². The third-order valence-electron chi connectivity index (χ3n) is 17.0. The van der Waals surface area contributed by atoms with E-state index in [0.717, 1.165) is 44.9 Å². The number of aliphatic hydroxyl groups is 2. The van der Waals surface area contributed by atoms with Crippen LogP contribution in [0.15, 0.2) is 24.3 Å². The Labute approximate surface area is 494 Å². The molecular weight excluding hydrogens is 971 g/mol. The van der Waals surface area contributed by atoms with Gasteiger partial charge in [0.05, 0.1) is 25.4 Å². The van der Waals surface area contributed by atoms with E-state index in [2.05, 4.69) is 43.5 Å². The standard InChI is InChI=1S/C73H141NO5/c1-3-5-7-9-11-13-15-16-42-46-49-53-57-61-65-71(76)70(69-75)74-72(77)66-62-58-54-50-47-43-40-38-36-34-32-30-28-26-24-22-20-18-17-19-21-23-25-27-29-31-33-35-37-39-41-44-48-52-56-60-64-68-79-73(78)67-63-59-55-51-45-14-12-10-8-6-4-2/h10,12,17,19,70-71,75-76H,3-9,11,13-16,18,20-69H2,1-2H3,(H,74,77)/b12-10-,19-17-. The van der Waals surface area contributed by atoms with Crippen LogP contribution in [0.4, 0.5) is 0 Å². The summed E-state index contributed by atoms with van der Waals surface area (Å²) < 4.78 is 5.47. The first kappa shape index (κ1) is 77.3. The third-order valence-corrected chi connectivity index (χ3v) is 17.0. The molecule has 6 nitrogen and oxygen atoms in total. The van der Waals surface area contributed by atoms with E-state index in [4.69, 9.17) is 4.74 Å². The lowest BCUT2D eigenvalue weighted by Gasteiger charge is -2.22. The number of unbranched alkanes of at least 4 members (excludes halogenated alkanes) is 53. The number of ether oxygens (including phenoxy) is 1. The predicted molar refractivity (Wildman–Crippen MR) is 347 cm³/mol. The average Bonchev–Trinajstić information content (AvgIpc) is 3.45. The molecule has 0 radical (unpaired) electrons. The van der Waals surface area contributed by atoms with Gasteiger partial charge in [-0.25, -0.2) is 0 Å². The van der Waals surface area contributed by atoms with Gasteiger partial charge in [0.25, 0.3) is 0 Å². The highest BCUT2D eigenvalue weighted by Gasteiger charge is 2.20. The Hall–Kier alpha value is -1.66. The largest absolute Gasteiger partial charge is 0.466 e. The Balaban J connectivity index is 3.32. The minimum atomic E-state index is -0.660. The van der Waals surface area contributed by atoms with E-state index in [-0.39, 0.29) is 18.5 Å². The number of carbonyl (C=O) groups excluding carboxylic acids is 2. The summed E-state index contributed by atoms with van der Waals surface area (Å²) in [6.45, 7) is 4.95. The van der Waals surface area contributed by atoms with Crippen molar-refractivity contribution in [1.29, 1.82) is 0 Å². The molecule has 1 amide bonds. The molecule has 0 aromatic carbocycles. The molecule has 468 valence electrons. The van der Waals surface area contributed by atoms with Crippen molar-refractivity contribution >= 4 is 11.9 Å². The Kier molecular flexibility index (Phi) is 67.4. The van der Waals surface area contributed by atoms with Crippen molar-refractivity contribution in [2.75, 3.05) is 13.2 Å². The van der Waals surface area contributed by atoms with E-state index in [1.165, 1.54) is 327 Å². The summed E-state index contributed by atoms with van der Waals surface area (Å²) in [5.74, 6) is -0.0176. The van der Waals surface area contributed by atoms with Crippen molar-refractivity contribution in [3.05, 3.63) is 24.3 Å². The van der Waals surface area contributed by atoms with E-state index in [9.17, 15) is 19.8 Å². The molecule has 3 N–H and O–H groups in total. The van der Waals surface area contributed by atoms with Gasteiger partial charge in [-0.15, -0.1) is 0 Å². The normalized spacial score (nSPS) is 12.6. The highest BCUT2D eigenvalue weighted by molar-refractivity contribution is 5.76. The van der Waals surface area contributed by atoms with Crippen LogP contribution in [-0.4, -0.2) is 47.4 Å². The van der Waals surface area contributed by atoms with Gasteiger partial charge in [-0.2, -0.15) is 0 Å². The fourth-order valence-corrected chi connectivity index (χ4v) is 11.4. The molecule has 0 saturated heterocycles. The summed E-state index contributed by atoms with van der Waals surface area (Å²) in [5.41, 5.74) is 0. The van der Waals surface area contributed by atoms with Crippen LogP contribution >= 0.6 is 0 Å². The second-order valence-corrected chi connectivity index (χ2v) is 24.9. The first-order valence-corrected chi connectivity index (χ1v) is 36.1. The van der Waals surface area contributed by atoms with Crippen molar-refractivity contribution in [2.24, 2.45) is 0 Å². The smallest absolute Gasteiger partial charge is 0.305 e. The van der Waals surface area contributed by atoms with Gasteiger partial charge < -0.3 is 20.3 Å². The molecule has 0 spiro atoms. The SMILES string of the molecule is CCCC/C=C\CCCCCCCC(=O)OCCCCCCCCCCCCCCCCCC/C=C\CCCCCCCCCCCCCCCCCCCC(=O)NC(CO)C(O)CCCCCCCCCCCCCCCC. The molecule has 0 bridgehead atoms. The zero-order chi connectivity index (χ0) is 57.1. The minimum Gasteiger partial charge on any atom is -0.466 e. The van der Waals surface area contributed by atoms with Gasteiger partial charge in [-0.05, 0) is 70.6 Å². The molecule has 0 fully saturated rings. The number of carbonyl (C=O) groups is 2. The van der Waals surface area contributed by atoms with E-state index < -0.39 is 12.1 Å². The summed E-state index contributed by atoms with van der Waals surface area (Å²) in [7, 11) is 0. The van der Waals surface area contributed by atoms with Gasteiger partial charge in [0.1, 0.15) is 0 Å². The Bertz CT molecular complexity index is 1230. The number of hydrogen-bond acceptors (Lipinski definition) is 5. The Morgan fingerprint density at radius 2 is 0.608 bits per heavy atom. The van der Waals surface area contributed by atoms with Crippen molar-refractivity contribution in [3.63, 3.8) is 0 Å². The number of nitrogens with one attached hydrogen (secondary N) is 1. The molecule has 2 atom stereocenters. The van der Waals surface area contributed by atoms with Gasteiger partial charge >= 0.3 is 5.97 Å². The van der Waals surface area contributed by atoms with Gasteiger partial charge in [-0.1, -0.05) is 346 Å². The first-order chi connectivity index (χ1) is 39.0. The Morgan fingerprint density at radius 3 is 0.937 bits per heavy atom. The maximum absolute atomic E-state index is 12.5.